The van der Waals surface area contributed by atoms with Crippen molar-refractivity contribution in [2.45, 2.75) is 70.4 Å². The molecule has 1 aliphatic carbocycles. The van der Waals surface area contributed by atoms with Crippen molar-refractivity contribution in [1.82, 2.24) is 10.2 Å². The van der Waals surface area contributed by atoms with Crippen molar-refractivity contribution in [3.8, 4) is 0 Å². The highest BCUT2D eigenvalue weighted by Crippen LogP contribution is 2.24. The van der Waals surface area contributed by atoms with E-state index in [0.717, 1.165) is 37.4 Å². The summed E-state index contributed by atoms with van der Waals surface area (Å²) in [6, 6.07) is 0.545. The smallest absolute Gasteiger partial charge is 0.242 e. The maximum atomic E-state index is 12.9. The van der Waals surface area contributed by atoms with Crippen molar-refractivity contribution in [3.05, 3.63) is 0 Å². The van der Waals surface area contributed by atoms with Gasteiger partial charge in [-0.15, -0.1) is 12.4 Å². The largest absolute Gasteiger partial charge is 0.339 e. The lowest BCUT2D eigenvalue weighted by atomic mass is 9.88. The van der Waals surface area contributed by atoms with E-state index in [1.807, 2.05) is 11.8 Å². The number of rotatable bonds is 5. The van der Waals surface area contributed by atoms with Crippen molar-refractivity contribution >= 4 is 30.1 Å². The van der Waals surface area contributed by atoms with Gasteiger partial charge in [-0.3, -0.25) is 4.79 Å². The lowest BCUT2D eigenvalue weighted by Gasteiger charge is -2.40. The molecule has 0 aromatic carbocycles. The Kier molecular flexibility index (Phi) is 8.43. The fourth-order valence-corrected chi connectivity index (χ4v) is 4.46. The van der Waals surface area contributed by atoms with Gasteiger partial charge in [0.1, 0.15) is 0 Å². The van der Waals surface area contributed by atoms with Crippen LogP contribution in [0.2, 0.25) is 0 Å². The molecule has 1 atom stereocenters. The second-order valence-corrected chi connectivity index (χ2v) is 7.69. The molecular weight excluding hydrogens is 304 g/mol. The predicted octanol–water partition coefficient (Wildman–Crippen LogP) is 3.46. The minimum Gasteiger partial charge on any atom is -0.339 e. The second-order valence-electron chi connectivity index (χ2n) is 6.47. The number of nitrogens with one attached hydrogen (secondary N) is 1. The van der Waals surface area contributed by atoms with E-state index in [-0.39, 0.29) is 17.9 Å². The first-order valence-corrected chi connectivity index (χ1v) is 9.46. The Morgan fingerprint density at radius 1 is 1.24 bits per heavy atom. The molecule has 0 spiro atoms. The molecule has 0 bridgehead atoms. The highest BCUT2D eigenvalue weighted by molar-refractivity contribution is 7.99. The Morgan fingerprint density at radius 3 is 2.43 bits per heavy atom. The number of carbonyl (C=O) groups excluding carboxylic acids is 1. The summed E-state index contributed by atoms with van der Waals surface area (Å²) < 4.78 is 0. The van der Waals surface area contributed by atoms with Gasteiger partial charge < -0.3 is 10.2 Å². The maximum Gasteiger partial charge on any atom is 0.242 e. The summed E-state index contributed by atoms with van der Waals surface area (Å²) in [6.45, 7) is 6.17. The Balaban J connectivity index is 0.00000220. The summed E-state index contributed by atoms with van der Waals surface area (Å²) in [5.41, 5.74) is -0.348. The molecule has 3 nitrogen and oxygen atoms in total. The fourth-order valence-electron chi connectivity index (χ4n) is 3.55. The molecule has 1 aliphatic heterocycles. The van der Waals surface area contributed by atoms with Gasteiger partial charge in [0.05, 0.1) is 5.54 Å². The first-order valence-electron chi connectivity index (χ1n) is 8.30. The molecule has 1 N–H and O–H groups in total. The van der Waals surface area contributed by atoms with Crippen LogP contribution in [0, 0.1) is 0 Å². The van der Waals surface area contributed by atoms with Gasteiger partial charge in [-0.1, -0.05) is 32.6 Å². The van der Waals surface area contributed by atoms with Crippen LogP contribution in [-0.4, -0.2) is 47.0 Å². The second kappa shape index (κ2) is 9.26. The topological polar surface area (TPSA) is 32.3 Å². The van der Waals surface area contributed by atoms with Gasteiger partial charge in [0.25, 0.3) is 0 Å². The number of hydrogen-bond acceptors (Lipinski definition) is 3. The van der Waals surface area contributed by atoms with Crippen LogP contribution in [-0.2, 0) is 4.79 Å². The molecule has 0 aromatic rings. The van der Waals surface area contributed by atoms with Crippen LogP contribution in [0.15, 0.2) is 0 Å². The highest BCUT2D eigenvalue weighted by atomic mass is 35.5. The zero-order valence-electron chi connectivity index (χ0n) is 13.5. The minimum absolute atomic E-state index is 0. The molecule has 1 unspecified atom stereocenters. The zero-order chi connectivity index (χ0) is 14.4. The molecule has 1 saturated carbocycles. The van der Waals surface area contributed by atoms with E-state index >= 15 is 0 Å². The van der Waals surface area contributed by atoms with Gasteiger partial charge in [0.2, 0.25) is 5.91 Å². The van der Waals surface area contributed by atoms with Gasteiger partial charge in [-0.25, -0.2) is 0 Å². The van der Waals surface area contributed by atoms with E-state index in [1.54, 1.807) is 0 Å². The Labute approximate surface area is 140 Å². The summed E-state index contributed by atoms with van der Waals surface area (Å²) in [5, 5.41) is 3.73. The van der Waals surface area contributed by atoms with Gasteiger partial charge >= 0.3 is 0 Å². The predicted molar refractivity (Wildman–Crippen MR) is 94.5 cm³/mol. The summed E-state index contributed by atoms with van der Waals surface area (Å²) in [4.78, 5) is 15.0. The van der Waals surface area contributed by atoms with E-state index in [4.69, 9.17) is 0 Å². The van der Waals surface area contributed by atoms with Crippen LogP contribution >= 0.6 is 24.2 Å². The molecule has 1 heterocycles. The summed E-state index contributed by atoms with van der Waals surface area (Å²) >= 11 is 1.96. The molecule has 124 valence electrons. The average molecular weight is 335 g/mol. The quantitative estimate of drug-likeness (QED) is 0.835. The summed E-state index contributed by atoms with van der Waals surface area (Å²) in [5.74, 6) is 2.53. The molecule has 2 rings (SSSR count). The van der Waals surface area contributed by atoms with Crippen molar-refractivity contribution < 1.29 is 4.79 Å². The number of halogens is 1. The lowest BCUT2D eigenvalue weighted by Crippen LogP contribution is -2.60. The summed E-state index contributed by atoms with van der Waals surface area (Å²) in [7, 11) is 0. The molecule has 0 radical (unpaired) electrons. The van der Waals surface area contributed by atoms with Crippen molar-refractivity contribution in [3.63, 3.8) is 0 Å². The number of carbonyl (C=O) groups is 1. The molecule has 1 amide bonds. The monoisotopic (exact) mass is 334 g/mol. The Hall–Kier alpha value is 0.0700. The van der Waals surface area contributed by atoms with Crippen molar-refractivity contribution in [2.75, 3.05) is 24.6 Å². The van der Waals surface area contributed by atoms with Crippen LogP contribution in [0.3, 0.4) is 0 Å². The third kappa shape index (κ3) is 5.33. The van der Waals surface area contributed by atoms with Crippen LogP contribution < -0.4 is 5.32 Å². The molecule has 0 aromatic heterocycles. The minimum atomic E-state index is -0.348. The number of nitrogens with zero attached hydrogens (tertiary/aromatic N) is 1. The SMILES string of the molecule is CCCC(C)(NC1CCCCC1)C(=O)N1CCSCC1.Cl. The number of amides is 1. The zero-order valence-corrected chi connectivity index (χ0v) is 15.2. The lowest BCUT2D eigenvalue weighted by molar-refractivity contribution is -0.138. The van der Waals surface area contributed by atoms with Crippen LogP contribution in [0.1, 0.15) is 58.8 Å². The van der Waals surface area contributed by atoms with Crippen LogP contribution in [0.25, 0.3) is 0 Å². The normalized spacial score (nSPS) is 23.2. The fraction of sp³-hybridized carbons (Fsp3) is 0.938. The highest BCUT2D eigenvalue weighted by Gasteiger charge is 2.37. The molecule has 1 saturated heterocycles. The van der Waals surface area contributed by atoms with E-state index in [9.17, 15) is 4.79 Å². The Bertz CT molecular complexity index is 317. The van der Waals surface area contributed by atoms with Gasteiger partial charge in [-0.05, 0) is 26.2 Å². The van der Waals surface area contributed by atoms with Crippen LogP contribution in [0.5, 0.6) is 0 Å². The Morgan fingerprint density at radius 2 is 1.86 bits per heavy atom. The first-order chi connectivity index (χ1) is 9.65. The maximum absolute atomic E-state index is 12.9. The first kappa shape index (κ1) is 19.1. The van der Waals surface area contributed by atoms with Gasteiger partial charge in [-0.2, -0.15) is 11.8 Å². The van der Waals surface area contributed by atoms with E-state index < -0.39 is 0 Å². The number of hydrogen-bond donors (Lipinski definition) is 1. The average Bonchev–Trinajstić information content (AvgIpc) is 2.48. The van der Waals surface area contributed by atoms with Gasteiger partial charge in [0.15, 0.2) is 0 Å². The molecular formula is C16H31ClN2OS. The molecule has 2 aliphatic rings. The number of thioether (sulfide) groups is 1. The van der Waals surface area contributed by atoms with Crippen molar-refractivity contribution in [1.29, 1.82) is 0 Å². The summed E-state index contributed by atoms with van der Waals surface area (Å²) in [6.07, 6.45) is 8.48. The van der Waals surface area contributed by atoms with Crippen LogP contribution in [0.4, 0.5) is 0 Å². The standard InChI is InChI=1S/C16H30N2OS.ClH/c1-3-9-16(2,17-14-7-5-4-6-8-14)15(19)18-10-12-20-13-11-18;/h14,17H,3-13H2,1-2H3;1H. The third-order valence-corrected chi connectivity index (χ3v) is 5.59. The third-order valence-electron chi connectivity index (χ3n) is 4.65. The van der Waals surface area contributed by atoms with E-state index in [1.165, 1.54) is 32.1 Å². The van der Waals surface area contributed by atoms with Crippen molar-refractivity contribution in [2.24, 2.45) is 0 Å². The molecule has 2 fully saturated rings. The van der Waals surface area contributed by atoms with E-state index in [2.05, 4.69) is 24.1 Å². The molecule has 5 heteroatoms. The van der Waals surface area contributed by atoms with E-state index in [0.29, 0.717) is 11.9 Å². The molecule has 21 heavy (non-hydrogen) atoms. The van der Waals surface area contributed by atoms with Gasteiger partial charge in [0, 0.05) is 30.6 Å².